The predicted octanol–water partition coefficient (Wildman–Crippen LogP) is 5.58. The summed E-state index contributed by atoms with van der Waals surface area (Å²) in [6.07, 6.45) is 10.7. The van der Waals surface area contributed by atoms with Gasteiger partial charge in [-0.1, -0.05) is 18.2 Å². The Hall–Kier alpha value is -3.27. The van der Waals surface area contributed by atoms with Crippen LogP contribution < -0.4 is 15.2 Å². The third-order valence-electron chi connectivity index (χ3n) is 5.31. The molecule has 0 spiro atoms. The molecule has 148 valence electrons. The van der Waals surface area contributed by atoms with Crippen LogP contribution in [-0.4, -0.2) is 18.2 Å². The molecule has 1 saturated carbocycles. The number of aromatic nitrogens is 1. The molecule has 0 unspecified atom stereocenters. The van der Waals surface area contributed by atoms with E-state index in [1.807, 2.05) is 42.5 Å². The highest BCUT2D eigenvalue weighted by Crippen LogP contribution is 2.36. The third kappa shape index (κ3) is 4.60. The number of hydrogen-bond donors (Lipinski definition) is 1. The molecule has 4 rings (SSSR count). The zero-order valence-electron chi connectivity index (χ0n) is 16.7. The van der Waals surface area contributed by atoms with Crippen molar-refractivity contribution in [3.8, 4) is 11.5 Å². The number of nitrogens with two attached hydrogens (primary N) is 1. The summed E-state index contributed by atoms with van der Waals surface area (Å²) in [4.78, 5) is 4.12. The van der Waals surface area contributed by atoms with E-state index >= 15 is 0 Å². The molecule has 1 aliphatic carbocycles. The van der Waals surface area contributed by atoms with Crippen molar-refractivity contribution < 1.29 is 9.47 Å². The Labute approximate surface area is 172 Å². The average molecular weight is 386 g/mol. The van der Waals surface area contributed by atoms with Gasteiger partial charge in [-0.05, 0) is 90.4 Å². The second kappa shape index (κ2) is 8.82. The molecule has 0 radical (unpaired) electrons. The van der Waals surface area contributed by atoms with Crippen LogP contribution in [0, 0.1) is 0 Å². The van der Waals surface area contributed by atoms with E-state index in [4.69, 9.17) is 15.2 Å². The first kappa shape index (κ1) is 19.1. The summed E-state index contributed by atoms with van der Waals surface area (Å²) in [7, 11) is 1.68. The number of nitrogen functional groups attached to an aromatic ring is 1. The second-order valence-corrected chi connectivity index (χ2v) is 7.35. The van der Waals surface area contributed by atoms with Crippen molar-refractivity contribution in [2.24, 2.45) is 0 Å². The lowest BCUT2D eigenvalue weighted by atomic mass is 9.95. The van der Waals surface area contributed by atoms with E-state index < -0.39 is 0 Å². The Morgan fingerprint density at radius 1 is 0.931 bits per heavy atom. The van der Waals surface area contributed by atoms with Crippen molar-refractivity contribution in [3.05, 3.63) is 83.7 Å². The number of nitrogens with zero attached hydrogens (tertiary/aromatic N) is 1. The van der Waals surface area contributed by atoms with Crippen molar-refractivity contribution in [2.75, 3.05) is 12.8 Å². The second-order valence-electron chi connectivity index (χ2n) is 7.35. The number of benzene rings is 2. The van der Waals surface area contributed by atoms with E-state index in [2.05, 4.69) is 23.2 Å². The molecule has 1 aliphatic rings. The maximum Gasteiger partial charge on any atom is 0.162 e. The van der Waals surface area contributed by atoms with Crippen molar-refractivity contribution in [1.82, 2.24) is 4.98 Å². The van der Waals surface area contributed by atoms with Gasteiger partial charge in [-0.15, -0.1) is 0 Å². The molecule has 4 heteroatoms. The summed E-state index contributed by atoms with van der Waals surface area (Å²) in [5.74, 6) is 1.56. The molecule has 4 nitrogen and oxygen atoms in total. The highest BCUT2D eigenvalue weighted by molar-refractivity contribution is 5.92. The van der Waals surface area contributed by atoms with Crippen LogP contribution in [0.25, 0.3) is 11.6 Å². The van der Waals surface area contributed by atoms with Crippen LogP contribution in [0.3, 0.4) is 0 Å². The van der Waals surface area contributed by atoms with Gasteiger partial charge in [0.1, 0.15) is 0 Å². The van der Waals surface area contributed by atoms with Crippen LogP contribution >= 0.6 is 0 Å². The Morgan fingerprint density at radius 2 is 1.62 bits per heavy atom. The van der Waals surface area contributed by atoms with E-state index in [0.717, 1.165) is 52.3 Å². The molecule has 0 amide bonds. The first-order valence-corrected chi connectivity index (χ1v) is 10.1. The van der Waals surface area contributed by atoms with E-state index in [0.29, 0.717) is 0 Å². The topological polar surface area (TPSA) is 57.4 Å². The van der Waals surface area contributed by atoms with Gasteiger partial charge in [0.05, 0.1) is 13.2 Å². The van der Waals surface area contributed by atoms with Gasteiger partial charge in [0.2, 0.25) is 0 Å². The maximum absolute atomic E-state index is 6.31. The largest absolute Gasteiger partial charge is 0.493 e. The quantitative estimate of drug-likeness (QED) is 0.562. The lowest BCUT2D eigenvalue weighted by Gasteiger charge is -2.18. The monoisotopic (exact) mass is 386 g/mol. The number of hydrogen-bond acceptors (Lipinski definition) is 4. The number of rotatable bonds is 6. The van der Waals surface area contributed by atoms with Crippen molar-refractivity contribution in [2.45, 2.75) is 31.8 Å². The number of pyridine rings is 1. The van der Waals surface area contributed by atoms with Crippen molar-refractivity contribution in [3.63, 3.8) is 0 Å². The first-order valence-electron chi connectivity index (χ1n) is 10.1. The van der Waals surface area contributed by atoms with Crippen LogP contribution in [0.4, 0.5) is 5.69 Å². The van der Waals surface area contributed by atoms with Gasteiger partial charge in [0, 0.05) is 18.1 Å². The molecule has 29 heavy (non-hydrogen) atoms. The van der Waals surface area contributed by atoms with E-state index in [1.165, 1.54) is 12.8 Å². The Bertz CT molecular complexity index is 975. The summed E-state index contributed by atoms with van der Waals surface area (Å²) in [6, 6.07) is 18.1. The van der Waals surface area contributed by atoms with Gasteiger partial charge >= 0.3 is 0 Å². The fourth-order valence-electron chi connectivity index (χ4n) is 3.74. The lowest BCUT2D eigenvalue weighted by molar-refractivity contribution is 0.201. The molecule has 1 aromatic heterocycles. The highest BCUT2D eigenvalue weighted by Gasteiger charge is 2.19. The smallest absolute Gasteiger partial charge is 0.162 e. The first-order chi connectivity index (χ1) is 14.2. The minimum atomic E-state index is 0.267. The van der Waals surface area contributed by atoms with Gasteiger partial charge in [0.15, 0.2) is 11.5 Å². The molecular formula is C25H26N2O2. The summed E-state index contributed by atoms with van der Waals surface area (Å²) < 4.78 is 11.9. The Balaban J connectivity index is 1.77. The van der Waals surface area contributed by atoms with Crippen LogP contribution in [0.5, 0.6) is 11.5 Å². The summed E-state index contributed by atoms with van der Waals surface area (Å²) in [5.41, 5.74) is 11.0. The Morgan fingerprint density at radius 3 is 2.31 bits per heavy atom. The summed E-state index contributed by atoms with van der Waals surface area (Å²) >= 11 is 0. The molecule has 2 N–H and O–H groups in total. The van der Waals surface area contributed by atoms with Gasteiger partial charge in [-0.2, -0.15) is 0 Å². The minimum absolute atomic E-state index is 0.267. The van der Waals surface area contributed by atoms with E-state index in [1.54, 1.807) is 19.5 Å². The Kier molecular flexibility index (Phi) is 5.80. The normalized spacial score (nSPS) is 14.7. The van der Waals surface area contributed by atoms with E-state index in [9.17, 15) is 0 Å². The maximum atomic E-state index is 6.31. The average Bonchev–Trinajstić information content (AvgIpc) is 3.27. The fourth-order valence-corrected chi connectivity index (χ4v) is 3.74. The zero-order valence-corrected chi connectivity index (χ0v) is 16.7. The SMILES string of the molecule is COc1ccc(/C(=C\c2ccncc2)c2ccc(N)cc2)cc1OC1CCCC1. The third-order valence-corrected chi connectivity index (χ3v) is 5.31. The van der Waals surface area contributed by atoms with Gasteiger partial charge in [-0.25, -0.2) is 0 Å². The van der Waals surface area contributed by atoms with Gasteiger partial charge in [-0.3, -0.25) is 4.98 Å². The number of methoxy groups -OCH3 is 1. The van der Waals surface area contributed by atoms with Crippen molar-refractivity contribution in [1.29, 1.82) is 0 Å². The molecule has 0 atom stereocenters. The van der Waals surface area contributed by atoms with Crippen molar-refractivity contribution >= 4 is 17.3 Å². The lowest BCUT2D eigenvalue weighted by Crippen LogP contribution is -2.11. The minimum Gasteiger partial charge on any atom is -0.493 e. The summed E-state index contributed by atoms with van der Waals surface area (Å²) in [6.45, 7) is 0. The molecule has 1 fully saturated rings. The number of ether oxygens (including phenoxy) is 2. The fraction of sp³-hybridized carbons (Fsp3) is 0.240. The molecule has 2 aromatic carbocycles. The molecule has 0 aliphatic heterocycles. The summed E-state index contributed by atoms with van der Waals surface area (Å²) in [5, 5.41) is 0. The number of anilines is 1. The van der Waals surface area contributed by atoms with Crippen LogP contribution in [-0.2, 0) is 0 Å². The van der Waals surface area contributed by atoms with Crippen LogP contribution in [0.15, 0.2) is 67.0 Å². The molecule has 0 saturated heterocycles. The molecule has 3 aromatic rings. The molecule has 1 heterocycles. The van der Waals surface area contributed by atoms with E-state index in [-0.39, 0.29) is 6.10 Å². The predicted molar refractivity (Wildman–Crippen MR) is 118 cm³/mol. The standard InChI is InChI=1S/C25H26N2O2/c1-28-24-11-8-20(17-25(24)29-22-4-2-3-5-22)23(16-18-12-14-27-15-13-18)19-6-9-21(26)10-7-19/h6-17,22H,2-5,26H2,1H3/b23-16-. The van der Waals surface area contributed by atoms with Crippen LogP contribution in [0.2, 0.25) is 0 Å². The molecular weight excluding hydrogens is 360 g/mol. The van der Waals surface area contributed by atoms with Gasteiger partial charge in [0.25, 0.3) is 0 Å². The van der Waals surface area contributed by atoms with Gasteiger partial charge < -0.3 is 15.2 Å². The molecule has 0 bridgehead atoms. The highest BCUT2D eigenvalue weighted by atomic mass is 16.5. The zero-order chi connectivity index (χ0) is 20.1. The van der Waals surface area contributed by atoms with Crippen LogP contribution in [0.1, 0.15) is 42.4 Å².